The molecule has 1 N–H and O–H groups in total. The molecule has 0 aliphatic heterocycles. The summed E-state index contributed by atoms with van der Waals surface area (Å²) >= 11 is 0. The first kappa shape index (κ1) is 6.80. The Kier molecular flexibility index (Phi) is 2.05. The molecule has 0 fully saturated rings. The van der Waals surface area contributed by atoms with Gasteiger partial charge in [0, 0.05) is 6.20 Å². The summed E-state index contributed by atoms with van der Waals surface area (Å²) in [5, 5.41) is 10.9. The quantitative estimate of drug-likeness (QED) is 0.246. The van der Waals surface area contributed by atoms with Gasteiger partial charge < -0.3 is 5.21 Å². The van der Waals surface area contributed by atoms with Gasteiger partial charge in [0.25, 0.3) is 0 Å². The Balaban J connectivity index is 2.89. The fourth-order valence-electron chi connectivity index (χ4n) is 0.552. The zero-order valence-electron chi connectivity index (χ0n) is 5.23. The van der Waals surface area contributed by atoms with Crippen molar-refractivity contribution in [2.75, 3.05) is 0 Å². The van der Waals surface area contributed by atoms with Crippen LogP contribution in [0.3, 0.4) is 0 Å². The minimum atomic E-state index is 0.580. The lowest BCUT2D eigenvalue weighted by Crippen LogP contribution is -2.03. The number of hydrogen-bond donors (Lipinski definition) is 1. The molecule has 1 rings (SSSR count). The highest BCUT2D eigenvalue weighted by molar-refractivity contribution is 6.32. The van der Waals surface area contributed by atoms with Gasteiger partial charge in [-0.1, -0.05) is 16.7 Å². The molecule has 0 aromatic carbocycles. The van der Waals surface area contributed by atoms with Crippen LogP contribution in [0.25, 0.3) is 0 Å². The predicted molar refractivity (Wildman–Crippen MR) is 39.0 cm³/mol. The molecule has 0 atom stereocenters. The number of rotatable bonds is 1. The first-order chi connectivity index (χ1) is 4.83. The van der Waals surface area contributed by atoms with Crippen LogP contribution in [0.4, 0.5) is 0 Å². The van der Waals surface area contributed by atoms with Gasteiger partial charge in [0.05, 0.1) is 11.9 Å². The van der Waals surface area contributed by atoms with Crippen LogP contribution in [0.15, 0.2) is 23.5 Å². The van der Waals surface area contributed by atoms with E-state index in [1.54, 1.807) is 12.1 Å². The molecule has 48 valence electrons. The van der Waals surface area contributed by atoms with Gasteiger partial charge in [-0.2, -0.15) is 0 Å². The fraction of sp³-hybridized carbons (Fsp3) is 0. The zero-order chi connectivity index (χ0) is 7.40. The summed E-state index contributed by atoms with van der Waals surface area (Å²) in [7, 11) is 5.35. The Morgan fingerprint density at radius 3 is 2.90 bits per heavy atom. The van der Waals surface area contributed by atoms with Crippen LogP contribution in [0.2, 0.25) is 0 Å². The average Bonchev–Trinajstić information content (AvgIpc) is 1.95. The van der Waals surface area contributed by atoms with E-state index in [0.29, 0.717) is 11.2 Å². The molecule has 0 saturated carbocycles. The molecular weight excluding hydrogens is 127 g/mol. The maximum atomic E-state index is 8.09. The van der Waals surface area contributed by atoms with Crippen LogP contribution in [-0.4, -0.2) is 24.3 Å². The lowest BCUT2D eigenvalue weighted by atomic mass is 9.99. The summed E-state index contributed by atoms with van der Waals surface area (Å²) in [6.07, 6.45) is 2.73. The number of aromatic nitrogens is 1. The summed E-state index contributed by atoms with van der Waals surface area (Å²) in [4.78, 5) is 3.83. The van der Waals surface area contributed by atoms with Gasteiger partial charge in [0.15, 0.2) is 0 Å². The van der Waals surface area contributed by atoms with Crippen molar-refractivity contribution in [2.45, 2.75) is 0 Å². The molecule has 0 bridgehead atoms. The Morgan fingerprint density at radius 1 is 1.60 bits per heavy atom. The largest absolute Gasteiger partial charge is 0.411 e. The number of nitrogens with zero attached hydrogens (tertiary/aromatic N) is 2. The molecular formula is C6H5BN2O. The van der Waals surface area contributed by atoms with Gasteiger partial charge in [0.1, 0.15) is 7.85 Å². The average molecular weight is 132 g/mol. The molecule has 4 heteroatoms. The number of oxime groups is 1. The Labute approximate surface area is 59.8 Å². The van der Waals surface area contributed by atoms with Gasteiger partial charge in [-0.3, -0.25) is 4.98 Å². The molecule has 0 unspecified atom stereocenters. The summed E-state index contributed by atoms with van der Waals surface area (Å²) in [6.45, 7) is 0. The molecule has 0 aliphatic rings. The van der Waals surface area contributed by atoms with Gasteiger partial charge in [0.2, 0.25) is 0 Å². The van der Waals surface area contributed by atoms with E-state index in [2.05, 4.69) is 10.1 Å². The predicted octanol–water partition coefficient (Wildman–Crippen LogP) is -0.317. The SMILES string of the molecule is [B]c1ccc(/C=N/O)nc1. The van der Waals surface area contributed by atoms with E-state index in [-0.39, 0.29) is 0 Å². The maximum Gasteiger partial charge on any atom is 0.115 e. The first-order valence-corrected chi connectivity index (χ1v) is 2.72. The molecule has 0 aliphatic carbocycles. The van der Waals surface area contributed by atoms with Crippen LogP contribution in [0, 0.1) is 0 Å². The summed E-state index contributed by atoms with van der Waals surface area (Å²) < 4.78 is 0. The van der Waals surface area contributed by atoms with E-state index in [4.69, 9.17) is 13.1 Å². The van der Waals surface area contributed by atoms with Crippen molar-refractivity contribution in [2.24, 2.45) is 5.16 Å². The lowest BCUT2D eigenvalue weighted by molar-refractivity contribution is 0.321. The summed E-state index contributed by atoms with van der Waals surface area (Å²) in [6, 6.07) is 3.35. The van der Waals surface area contributed by atoms with Crippen molar-refractivity contribution in [1.82, 2.24) is 4.98 Å². The van der Waals surface area contributed by atoms with Gasteiger partial charge in [-0.15, -0.1) is 0 Å². The Hall–Kier alpha value is -1.32. The Bertz CT molecular complexity index is 232. The second-order valence-corrected chi connectivity index (χ2v) is 1.76. The van der Waals surface area contributed by atoms with E-state index in [9.17, 15) is 0 Å². The molecule has 0 saturated heterocycles. The van der Waals surface area contributed by atoms with Crippen LogP contribution < -0.4 is 5.46 Å². The molecule has 1 aromatic rings. The third-order valence-corrected chi connectivity index (χ3v) is 0.999. The topological polar surface area (TPSA) is 45.5 Å². The number of pyridine rings is 1. The van der Waals surface area contributed by atoms with Crippen molar-refractivity contribution in [3.63, 3.8) is 0 Å². The highest BCUT2D eigenvalue weighted by Crippen LogP contribution is 1.84. The summed E-state index contributed by atoms with van der Waals surface area (Å²) in [5.41, 5.74) is 1.17. The summed E-state index contributed by atoms with van der Waals surface area (Å²) in [5.74, 6) is 0. The minimum absolute atomic E-state index is 0.580. The minimum Gasteiger partial charge on any atom is -0.411 e. The van der Waals surface area contributed by atoms with Crippen molar-refractivity contribution in [3.05, 3.63) is 24.0 Å². The molecule has 2 radical (unpaired) electrons. The zero-order valence-corrected chi connectivity index (χ0v) is 5.23. The third-order valence-electron chi connectivity index (χ3n) is 0.999. The second kappa shape index (κ2) is 3.01. The van der Waals surface area contributed by atoms with Crippen LogP contribution >= 0.6 is 0 Å². The van der Waals surface area contributed by atoms with Crippen molar-refractivity contribution >= 4 is 19.5 Å². The van der Waals surface area contributed by atoms with Gasteiger partial charge in [-0.05, 0) is 6.07 Å². The highest BCUT2D eigenvalue weighted by atomic mass is 16.4. The monoisotopic (exact) mass is 132 g/mol. The molecule has 0 spiro atoms. The van der Waals surface area contributed by atoms with Crippen LogP contribution in [-0.2, 0) is 0 Å². The van der Waals surface area contributed by atoms with Crippen molar-refractivity contribution < 1.29 is 5.21 Å². The van der Waals surface area contributed by atoms with E-state index in [0.717, 1.165) is 0 Å². The lowest BCUT2D eigenvalue weighted by Gasteiger charge is -1.90. The third kappa shape index (κ3) is 1.58. The van der Waals surface area contributed by atoms with Crippen molar-refractivity contribution in [3.8, 4) is 0 Å². The molecule has 1 aromatic heterocycles. The van der Waals surface area contributed by atoms with Crippen molar-refractivity contribution in [1.29, 1.82) is 0 Å². The Morgan fingerprint density at radius 2 is 2.40 bits per heavy atom. The smallest absolute Gasteiger partial charge is 0.115 e. The normalized spacial score (nSPS) is 10.4. The molecule has 1 heterocycles. The van der Waals surface area contributed by atoms with Crippen LogP contribution in [0.1, 0.15) is 5.69 Å². The van der Waals surface area contributed by atoms with E-state index >= 15 is 0 Å². The fourth-order valence-corrected chi connectivity index (χ4v) is 0.552. The molecule has 0 amide bonds. The standard InChI is InChI=1S/C6H5BN2O/c7-5-1-2-6(4-9-10)8-3-5/h1-4,10H/b9-4+. The molecule has 10 heavy (non-hydrogen) atoms. The maximum absolute atomic E-state index is 8.09. The number of hydrogen-bond acceptors (Lipinski definition) is 3. The van der Waals surface area contributed by atoms with Crippen LogP contribution in [0.5, 0.6) is 0 Å². The van der Waals surface area contributed by atoms with Gasteiger partial charge >= 0.3 is 0 Å². The first-order valence-electron chi connectivity index (χ1n) is 2.72. The van der Waals surface area contributed by atoms with E-state index < -0.39 is 0 Å². The second-order valence-electron chi connectivity index (χ2n) is 1.76. The highest BCUT2D eigenvalue weighted by Gasteiger charge is 1.86. The van der Waals surface area contributed by atoms with E-state index in [1.807, 2.05) is 0 Å². The van der Waals surface area contributed by atoms with Gasteiger partial charge in [-0.25, -0.2) is 0 Å². The molecule has 3 nitrogen and oxygen atoms in total. The van der Waals surface area contributed by atoms with E-state index in [1.165, 1.54) is 12.4 Å².